The van der Waals surface area contributed by atoms with Crippen molar-refractivity contribution in [3.63, 3.8) is 0 Å². The van der Waals surface area contributed by atoms with Crippen molar-refractivity contribution < 1.29 is 4.79 Å². The van der Waals surface area contributed by atoms with Crippen LogP contribution in [-0.4, -0.2) is 40.8 Å². The number of nitrogens with zero attached hydrogens (tertiary/aromatic N) is 2. The van der Waals surface area contributed by atoms with E-state index in [2.05, 4.69) is 41.4 Å². The Morgan fingerprint density at radius 2 is 1.83 bits per heavy atom. The molecule has 0 spiro atoms. The van der Waals surface area contributed by atoms with E-state index in [1.807, 2.05) is 30.3 Å². The number of carbonyl (C=O) groups excluding carboxylic acids is 1. The van der Waals surface area contributed by atoms with Gasteiger partial charge in [0.15, 0.2) is 0 Å². The van der Waals surface area contributed by atoms with Crippen molar-refractivity contribution in [1.29, 1.82) is 0 Å². The molecule has 6 heteroatoms. The maximum atomic E-state index is 12.3. The first-order valence-corrected chi connectivity index (χ1v) is 11.3. The number of carbonyl (C=O) groups is 1. The maximum Gasteiger partial charge on any atom is 0.251 e. The smallest absolute Gasteiger partial charge is 0.251 e. The lowest BCUT2D eigenvalue weighted by atomic mass is 10.2. The van der Waals surface area contributed by atoms with Crippen molar-refractivity contribution in [3.05, 3.63) is 76.6 Å². The van der Waals surface area contributed by atoms with Gasteiger partial charge in [0.25, 0.3) is 5.56 Å². The Labute approximate surface area is 182 Å². The predicted molar refractivity (Wildman–Crippen MR) is 125 cm³/mol. The first kappa shape index (κ1) is 22.1. The predicted octanol–water partition coefficient (Wildman–Crippen LogP) is 3.66. The van der Waals surface area contributed by atoms with E-state index >= 15 is 0 Å². The van der Waals surface area contributed by atoms with Gasteiger partial charge in [0, 0.05) is 43.0 Å². The molecule has 158 valence electrons. The van der Waals surface area contributed by atoms with E-state index in [0.29, 0.717) is 12.3 Å². The highest BCUT2D eigenvalue weighted by molar-refractivity contribution is 8.00. The van der Waals surface area contributed by atoms with Gasteiger partial charge in [-0.2, -0.15) is 0 Å². The highest BCUT2D eigenvalue weighted by Crippen LogP contribution is 2.25. The van der Waals surface area contributed by atoms with Crippen LogP contribution in [0.2, 0.25) is 0 Å². The summed E-state index contributed by atoms with van der Waals surface area (Å²) in [5.74, 6) is 0.300. The van der Waals surface area contributed by atoms with E-state index in [0.717, 1.165) is 41.9 Å². The number of hydrogen-bond acceptors (Lipinski definition) is 4. The van der Waals surface area contributed by atoms with Crippen molar-refractivity contribution in [1.82, 2.24) is 14.8 Å². The number of aromatic nitrogens is 1. The van der Waals surface area contributed by atoms with E-state index in [9.17, 15) is 9.59 Å². The molecule has 0 aliphatic rings. The van der Waals surface area contributed by atoms with E-state index in [1.54, 1.807) is 17.7 Å². The largest absolute Gasteiger partial charge is 0.355 e. The highest BCUT2D eigenvalue weighted by atomic mass is 32.2. The van der Waals surface area contributed by atoms with Gasteiger partial charge < -0.3 is 9.88 Å². The molecular weight excluding hydrogens is 394 g/mol. The Kier molecular flexibility index (Phi) is 8.11. The first-order chi connectivity index (χ1) is 14.6. The quantitative estimate of drug-likeness (QED) is 0.399. The van der Waals surface area contributed by atoms with Crippen LogP contribution in [0.3, 0.4) is 0 Å². The molecule has 0 fully saturated rings. The van der Waals surface area contributed by atoms with Gasteiger partial charge in [-0.15, -0.1) is 11.8 Å². The van der Waals surface area contributed by atoms with Gasteiger partial charge in [-0.05, 0) is 24.6 Å². The number of amides is 1. The van der Waals surface area contributed by atoms with Crippen LogP contribution in [0.4, 0.5) is 0 Å². The van der Waals surface area contributed by atoms with Gasteiger partial charge >= 0.3 is 0 Å². The summed E-state index contributed by atoms with van der Waals surface area (Å²) in [6, 6.07) is 19.8. The number of aryl methyl sites for hydroxylation is 1. The minimum Gasteiger partial charge on any atom is -0.355 e. The number of rotatable bonds is 10. The van der Waals surface area contributed by atoms with Gasteiger partial charge in [-0.1, -0.05) is 55.5 Å². The minimum atomic E-state index is -0.0605. The molecule has 0 saturated carbocycles. The Balaban J connectivity index is 1.45. The van der Waals surface area contributed by atoms with Gasteiger partial charge in [0.2, 0.25) is 5.91 Å². The summed E-state index contributed by atoms with van der Waals surface area (Å²) in [5.41, 5.74) is 2.13. The second-order valence-corrected chi connectivity index (χ2v) is 8.29. The molecule has 1 heterocycles. The first-order valence-electron chi connectivity index (χ1n) is 10.3. The summed E-state index contributed by atoms with van der Waals surface area (Å²) < 4.78 is 1.63. The van der Waals surface area contributed by atoms with Crippen molar-refractivity contribution in [2.24, 2.45) is 7.05 Å². The summed E-state index contributed by atoms with van der Waals surface area (Å²) in [7, 11) is 1.77. The van der Waals surface area contributed by atoms with E-state index in [1.165, 1.54) is 17.3 Å². The molecule has 1 N–H and O–H groups in total. The molecule has 0 saturated heterocycles. The SMILES string of the molecule is CCN(CCCNC(=O)CSc1cc(=O)n(C)c2ccccc12)Cc1ccccc1. The fourth-order valence-electron chi connectivity index (χ4n) is 3.41. The van der Waals surface area contributed by atoms with Crippen LogP contribution >= 0.6 is 11.8 Å². The van der Waals surface area contributed by atoms with Gasteiger partial charge in [-0.3, -0.25) is 14.5 Å². The lowest BCUT2D eigenvalue weighted by Crippen LogP contribution is -2.30. The van der Waals surface area contributed by atoms with Crippen LogP contribution in [0.5, 0.6) is 0 Å². The van der Waals surface area contributed by atoms with Crippen molar-refractivity contribution >= 4 is 28.6 Å². The van der Waals surface area contributed by atoms with Gasteiger partial charge in [0.1, 0.15) is 0 Å². The van der Waals surface area contributed by atoms with E-state index in [-0.39, 0.29) is 11.5 Å². The zero-order valence-corrected chi connectivity index (χ0v) is 18.5. The summed E-state index contributed by atoms with van der Waals surface area (Å²) in [6.45, 7) is 5.67. The second-order valence-electron chi connectivity index (χ2n) is 7.27. The molecule has 5 nitrogen and oxygen atoms in total. The minimum absolute atomic E-state index is 0.00383. The Hall–Kier alpha value is -2.57. The number of pyridine rings is 1. The van der Waals surface area contributed by atoms with Crippen LogP contribution < -0.4 is 10.9 Å². The number of benzene rings is 2. The fraction of sp³-hybridized carbons (Fsp3) is 0.333. The molecule has 0 aliphatic carbocycles. The zero-order chi connectivity index (χ0) is 21.3. The Morgan fingerprint density at radius 3 is 2.60 bits per heavy atom. The van der Waals surface area contributed by atoms with Crippen LogP contribution in [0, 0.1) is 0 Å². The van der Waals surface area contributed by atoms with Crippen LogP contribution in [-0.2, 0) is 18.4 Å². The van der Waals surface area contributed by atoms with Gasteiger partial charge in [0.05, 0.1) is 11.3 Å². The molecule has 1 amide bonds. The van der Waals surface area contributed by atoms with E-state index < -0.39 is 0 Å². The van der Waals surface area contributed by atoms with E-state index in [4.69, 9.17) is 0 Å². The van der Waals surface area contributed by atoms with Gasteiger partial charge in [-0.25, -0.2) is 0 Å². The molecule has 2 aromatic carbocycles. The fourth-order valence-corrected chi connectivity index (χ4v) is 4.32. The molecule has 0 atom stereocenters. The third-order valence-electron chi connectivity index (χ3n) is 5.14. The lowest BCUT2D eigenvalue weighted by molar-refractivity contribution is -0.118. The monoisotopic (exact) mass is 423 g/mol. The summed E-state index contributed by atoms with van der Waals surface area (Å²) in [5, 5.41) is 4.00. The third kappa shape index (κ3) is 5.97. The molecule has 0 aliphatic heterocycles. The highest BCUT2D eigenvalue weighted by Gasteiger charge is 2.09. The third-order valence-corrected chi connectivity index (χ3v) is 6.20. The summed E-state index contributed by atoms with van der Waals surface area (Å²) in [4.78, 5) is 27.7. The van der Waals surface area contributed by atoms with Crippen LogP contribution in [0.25, 0.3) is 10.9 Å². The Morgan fingerprint density at radius 1 is 1.10 bits per heavy atom. The molecule has 0 bridgehead atoms. The molecule has 30 heavy (non-hydrogen) atoms. The lowest BCUT2D eigenvalue weighted by Gasteiger charge is -2.20. The molecule has 3 aromatic rings. The van der Waals surface area contributed by atoms with Crippen molar-refractivity contribution in [3.8, 4) is 0 Å². The number of thioether (sulfide) groups is 1. The second kappa shape index (κ2) is 11.0. The molecule has 3 rings (SSSR count). The zero-order valence-electron chi connectivity index (χ0n) is 17.6. The van der Waals surface area contributed by atoms with Crippen molar-refractivity contribution in [2.75, 3.05) is 25.4 Å². The molecule has 1 aromatic heterocycles. The molecule has 0 unspecified atom stereocenters. The average Bonchev–Trinajstić information content (AvgIpc) is 2.78. The number of fused-ring (bicyclic) bond motifs is 1. The van der Waals surface area contributed by atoms with Crippen LogP contribution in [0.15, 0.2) is 70.4 Å². The summed E-state index contributed by atoms with van der Waals surface area (Å²) >= 11 is 1.42. The number of para-hydroxylation sites is 1. The number of hydrogen-bond donors (Lipinski definition) is 1. The Bertz CT molecular complexity index is 1030. The normalized spacial score (nSPS) is 11.2. The van der Waals surface area contributed by atoms with Crippen molar-refractivity contribution in [2.45, 2.75) is 24.8 Å². The molecular formula is C24H29N3O2S. The molecule has 0 radical (unpaired) electrons. The number of nitrogens with one attached hydrogen (secondary N) is 1. The average molecular weight is 424 g/mol. The maximum absolute atomic E-state index is 12.3. The summed E-state index contributed by atoms with van der Waals surface area (Å²) in [6.07, 6.45) is 0.909. The standard InChI is InChI=1S/C24H29N3O2S/c1-3-27(17-19-10-5-4-6-11-19)15-9-14-25-23(28)18-30-22-16-24(29)26(2)21-13-8-7-12-20(21)22/h4-8,10-13,16H,3,9,14-15,17-18H2,1-2H3,(H,25,28). The topological polar surface area (TPSA) is 54.3 Å². The van der Waals surface area contributed by atoms with Crippen LogP contribution in [0.1, 0.15) is 18.9 Å².